The van der Waals surface area contributed by atoms with Crippen LogP contribution in [0.5, 0.6) is 5.75 Å². The second-order valence-corrected chi connectivity index (χ2v) is 6.42. The Bertz CT molecular complexity index is 599. The molecule has 6 nitrogen and oxygen atoms in total. The van der Waals surface area contributed by atoms with Gasteiger partial charge in [0.05, 0.1) is 18.6 Å². The third-order valence-electron chi connectivity index (χ3n) is 3.05. The number of nitrogens with zero attached hydrogens (tertiary/aromatic N) is 1. The number of sulfonamides is 1. The van der Waals surface area contributed by atoms with Crippen LogP contribution in [0.4, 0.5) is 0 Å². The first-order valence-corrected chi connectivity index (χ1v) is 8.22. The Kier molecular flexibility index (Phi) is 6.17. The highest BCUT2D eigenvalue weighted by Crippen LogP contribution is 2.23. The highest BCUT2D eigenvalue weighted by Gasteiger charge is 2.26. The average Bonchev–Trinajstić information content (AvgIpc) is 2.44. The molecule has 1 N–H and O–H groups in total. The topological polar surface area (TPSA) is 75.7 Å². The third-order valence-corrected chi connectivity index (χ3v) is 5.13. The molecule has 118 valence electrons. The number of carbonyl (C=O) groups is 1. The molecule has 0 aliphatic heterocycles. The molecule has 0 atom stereocenters. The Labute approximate surface area is 126 Å². The van der Waals surface area contributed by atoms with E-state index in [1.54, 1.807) is 32.9 Å². The molecule has 0 bridgehead atoms. The SMILES string of the molecule is CCNC(=O)CN(CC)S(=O)(=O)c1ccc(OC)cc1C. The number of hydrogen-bond donors (Lipinski definition) is 1. The summed E-state index contributed by atoms with van der Waals surface area (Å²) in [6.07, 6.45) is 0. The highest BCUT2D eigenvalue weighted by molar-refractivity contribution is 7.89. The molecule has 0 aliphatic carbocycles. The predicted molar refractivity (Wildman–Crippen MR) is 80.8 cm³/mol. The van der Waals surface area contributed by atoms with Gasteiger partial charge in [0.2, 0.25) is 15.9 Å². The summed E-state index contributed by atoms with van der Waals surface area (Å²) in [5.74, 6) is 0.285. The van der Waals surface area contributed by atoms with E-state index in [2.05, 4.69) is 5.32 Å². The number of ether oxygens (including phenoxy) is 1. The number of hydrogen-bond acceptors (Lipinski definition) is 4. The van der Waals surface area contributed by atoms with Gasteiger partial charge in [-0.1, -0.05) is 6.92 Å². The zero-order valence-corrected chi connectivity index (χ0v) is 13.7. The van der Waals surface area contributed by atoms with Crippen molar-refractivity contribution in [2.24, 2.45) is 0 Å². The molecule has 0 spiro atoms. The van der Waals surface area contributed by atoms with Gasteiger partial charge >= 0.3 is 0 Å². The zero-order valence-electron chi connectivity index (χ0n) is 12.8. The fourth-order valence-corrected chi connectivity index (χ4v) is 3.57. The Hall–Kier alpha value is -1.60. The van der Waals surface area contributed by atoms with Crippen LogP contribution in [0.1, 0.15) is 19.4 Å². The second-order valence-electron chi connectivity index (χ2n) is 4.52. The second kappa shape index (κ2) is 7.42. The minimum Gasteiger partial charge on any atom is -0.497 e. The fourth-order valence-electron chi connectivity index (χ4n) is 1.96. The van der Waals surface area contributed by atoms with Gasteiger partial charge in [0.25, 0.3) is 0 Å². The van der Waals surface area contributed by atoms with Gasteiger partial charge in [-0.2, -0.15) is 4.31 Å². The lowest BCUT2D eigenvalue weighted by Crippen LogP contribution is -2.40. The number of rotatable bonds is 7. The van der Waals surface area contributed by atoms with Gasteiger partial charge in [-0.25, -0.2) is 8.42 Å². The summed E-state index contributed by atoms with van der Waals surface area (Å²) in [5, 5.41) is 2.60. The summed E-state index contributed by atoms with van der Waals surface area (Å²) >= 11 is 0. The first-order chi connectivity index (χ1) is 9.86. The van der Waals surface area contributed by atoms with E-state index in [1.807, 2.05) is 0 Å². The van der Waals surface area contributed by atoms with Gasteiger partial charge in [0, 0.05) is 13.1 Å². The van der Waals surface area contributed by atoms with Crippen molar-refractivity contribution in [3.63, 3.8) is 0 Å². The van der Waals surface area contributed by atoms with Crippen LogP contribution in [0.15, 0.2) is 23.1 Å². The minimum atomic E-state index is -3.70. The number of benzene rings is 1. The van der Waals surface area contributed by atoms with Crippen molar-refractivity contribution in [1.82, 2.24) is 9.62 Å². The molecule has 21 heavy (non-hydrogen) atoms. The number of nitrogens with one attached hydrogen (secondary N) is 1. The summed E-state index contributed by atoms with van der Waals surface area (Å²) in [6.45, 7) is 5.71. The summed E-state index contributed by atoms with van der Waals surface area (Å²) in [6, 6.07) is 4.76. The Morgan fingerprint density at radius 2 is 2.00 bits per heavy atom. The van der Waals surface area contributed by atoms with Gasteiger partial charge in [-0.3, -0.25) is 4.79 Å². The van der Waals surface area contributed by atoms with E-state index in [1.165, 1.54) is 13.2 Å². The van der Waals surface area contributed by atoms with E-state index < -0.39 is 10.0 Å². The van der Waals surface area contributed by atoms with Crippen molar-refractivity contribution < 1.29 is 17.9 Å². The van der Waals surface area contributed by atoms with Gasteiger partial charge in [-0.05, 0) is 37.6 Å². The van der Waals surface area contributed by atoms with Crippen LogP contribution in [-0.2, 0) is 14.8 Å². The average molecular weight is 314 g/mol. The number of likely N-dealkylation sites (N-methyl/N-ethyl adjacent to an activating group) is 2. The lowest BCUT2D eigenvalue weighted by atomic mass is 10.2. The summed E-state index contributed by atoms with van der Waals surface area (Å²) < 4.78 is 31.5. The van der Waals surface area contributed by atoms with Crippen molar-refractivity contribution in [2.45, 2.75) is 25.7 Å². The Balaban J connectivity index is 3.10. The van der Waals surface area contributed by atoms with Crippen molar-refractivity contribution in [3.05, 3.63) is 23.8 Å². The molecule has 0 aliphatic rings. The largest absolute Gasteiger partial charge is 0.497 e. The molecule has 0 aromatic heterocycles. The van der Waals surface area contributed by atoms with Crippen LogP contribution in [0.3, 0.4) is 0 Å². The van der Waals surface area contributed by atoms with E-state index in [-0.39, 0.29) is 23.9 Å². The summed E-state index contributed by atoms with van der Waals surface area (Å²) in [5.41, 5.74) is 0.587. The van der Waals surface area contributed by atoms with Gasteiger partial charge in [0.1, 0.15) is 5.75 Å². The number of aryl methyl sites for hydroxylation is 1. The highest BCUT2D eigenvalue weighted by atomic mass is 32.2. The Morgan fingerprint density at radius 3 is 2.48 bits per heavy atom. The smallest absolute Gasteiger partial charge is 0.243 e. The van der Waals surface area contributed by atoms with Crippen LogP contribution in [-0.4, -0.2) is 45.4 Å². The monoisotopic (exact) mass is 314 g/mol. The van der Waals surface area contributed by atoms with Crippen molar-refractivity contribution in [2.75, 3.05) is 26.7 Å². The van der Waals surface area contributed by atoms with Crippen LogP contribution < -0.4 is 10.1 Å². The molecule has 0 saturated heterocycles. The van der Waals surface area contributed by atoms with Crippen LogP contribution >= 0.6 is 0 Å². The van der Waals surface area contributed by atoms with E-state index in [0.717, 1.165) is 4.31 Å². The molecule has 1 aromatic rings. The van der Waals surface area contributed by atoms with E-state index >= 15 is 0 Å². The molecule has 7 heteroatoms. The molecule has 1 aromatic carbocycles. The maximum absolute atomic E-state index is 12.6. The molecule has 1 amide bonds. The number of carbonyl (C=O) groups excluding carboxylic acids is 1. The van der Waals surface area contributed by atoms with E-state index in [4.69, 9.17) is 4.74 Å². The van der Waals surface area contributed by atoms with Crippen LogP contribution in [0.2, 0.25) is 0 Å². The Morgan fingerprint density at radius 1 is 1.33 bits per heavy atom. The molecule has 0 heterocycles. The minimum absolute atomic E-state index is 0.182. The third kappa shape index (κ3) is 4.18. The van der Waals surface area contributed by atoms with Gasteiger partial charge in [-0.15, -0.1) is 0 Å². The number of amides is 1. The zero-order chi connectivity index (χ0) is 16.0. The maximum atomic E-state index is 12.6. The van der Waals surface area contributed by atoms with Crippen molar-refractivity contribution >= 4 is 15.9 Å². The van der Waals surface area contributed by atoms with Crippen molar-refractivity contribution in [3.8, 4) is 5.75 Å². The molecule has 1 rings (SSSR count). The first-order valence-electron chi connectivity index (χ1n) is 6.78. The first kappa shape index (κ1) is 17.5. The molecular formula is C14H22N2O4S. The normalized spacial score (nSPS) is 11.5. The molecule has 0 unspecified atom stereocenters. The lowest BCUT2D eigenvalue weighted by molar-refractivity contribution is -0.121. The predicted octanol–water partition coefficient (Wildman–Crippen LogP) is 1.15. The molecule has 0 radical (unpaired) electrons. The summed E-state index contributed by atoms with van der Waals surface area (Å²) in [4.78, 5) is 11.8. The van der Waals surface area contributed by atoms with Gasteiger partial charge < -0.3 is 10.1 Å². The van der Waals surface area contributed by atoms with Crippen LogP contribution in [0.25, 0.3) is 0 Å². The van der Waals surface area contributed by atoms with E-state index in [0.29, 0.717) is 17.9 Å². The van der Waals surface area contributed by atoms with Gasteiger partial charge in [0.15, 0.2) is 0 Å². The van der Waals surface area contributed by atoms with Crippen molar-refractivity contribution in [1.29, 1.82) is 0 Å². The number of methoxy groups -OCH3 is 1. The molecular weight excluding hydrogens is 292 g/mol. The summed E-state index contributed by atoms with van der Waals surface area (Å²) in [7, 11) is -2.18. The van der Waals surface area contributed by atoms with E-state index in [9.17, 15) is 13.2 Å². The van der Waals surface area contributed by atoms with Crippen LogP contribution in [0, 0.1) is 6.92 Å². The molecule has 0 saturated carbocycles. The quantitative estimate of drug-likeness (QED) is 0.819. The fraction of sp³-hybridized carbons (Fsp3) is 0.500. The maximum Gasteiger partial charge on any atom is 0.243 e. The standard InChI is InChI=1S/C14H22N2O4S/c1-5-15-14(17)10-16(6-2)21(18,19)13-8-7-12(20-4)9-11(13)3/h7-9H,5-6,10H2,1-4H3,(H,15,17). The molecule has 0 fully saturated rings. The lowest BCUT2D eigenvalue weighted by Gasteiger charge is -2.21.